The molecular formula is C23H27F4N7SSe. The minimum atomic E-state index is -2.63. The number of anilines is 1. The molecule has 6 rings (SSSR count). The number of rotatable bonds is 8. The normalized spacial score (nSPS) is 22.1. The van der Waals surface area contributed by atoms with E-state index in [0.717, 1.165) is 66.5 Å². The quantitative estimate of drug-likeness (QED) is 0.232. The summed E-state index contributed by atoms with van der Waals surface area (Å²) in [6.07, 6.45) is 0.810. The van der Waals surface area contributed by atoms with Crippen molar-refractivity contribution in [2.24, 2.45) is 0 Å². The maximum atomic E-state index is 13.6. The van der Waals surface area contributed by atoms with Gasteiger partial charge in [-0.05, 0) is 0 Å². The second kappa shape index (κ2) is 9.58. The number of hydrogen-bond donors (Lipinski definition) is 2. The molecule has 1 aliphatic heterocycles. The summed E-state index contributed by atoms with van der Waals surface area (Å²) in [5.74, 6) is 0.256. The average Bonchev–Trinajstić information content (AvgIpc) is 3.30. The molecule has 194 valence electrons. The molecule has 2 aliphatic carbocycles. The van der Waals surface area contributed by atoms with E-state index in [0.29, 0.717) is 17.4 Å². The predicted octanol–water partition coefficient (Wildman–Crippen LogP) is 4.25. The van der Waals surface area contributed by atoms with Gasteiger partial charge in [-0.2, -0.15) is 0 Å². The van der Waals surface area contributed by atoms with Crippen LogP contribution in [0.2, 0.25) is 0 Å². The molecule has 0 spiro atoms. The second-order valence-corrected chi connectivity index (χ2v) is 12.9. The predicted molar refractivity (Wildman–Crippen MR) is 131 cm³/mol. The van der Waals surface area contributed by atoms with Crippen LogP contribution in [0.4, 0.5) is 23.2 Å². The van der Waals surface area contributed by atoms with E-state index in [-0.39, 0.29) is 16.5 Å². The van der Waals surface area contributed by atoms with E-state index in [1.165, 1.54) is 11.9 Å². The molecule has 0 unspecified atom stereocenters. The fourth-order valence-electron chi connectivity index (χ4n) is 4.82. The number of fused-ring (bicyclic) bond motifs is 1. The molecule has 0 aromatic carbocycles. The van der Waals surface area contributed by atoms with E-state index < -0.39 is 32.9 Å². The van der Waals surface area contributed by atoms with Gasteiger partial charge in [0.2, 0.25) is 0 Å². The average molecular weight is 589 g/mol. The fraction of sp³-hybridized carbons (Fsp3) is 0.609. The molecule has 3 aliphatic rings. The van der Waals surface area contributed by atoms with Crippen molar-refractivity contribution in [3.63, 3.8) is 0 Å². The summed E-state index contributed by atoms with van der Waals surface area (Å²) in [5, 5.41) is 11.4. The third kappa shape index (κ3) is 4.47. The Kier molecular flexibility index (Phi) is 6.56. The van der Waals surface area contributed by atoms with Crippen molar-refractivity contribution in [1.82, 2.24) is 29.6 Å². The van der Waals surface area contributed by atoms with Crippen LogP contribution in [-0.2, 0) is 0 Å². The Morgan fingerprint density at radius 1 is 1.22 bits per heavy atom. The number of piperazine rings is 1. The van der Waals surface area contributed by atoms with Crippen molar-refractivity contribution < 1.29 is 17.6 Å². The molecule has 1 saturated heterocycles. The molecule has 0 amide bonds. The molecule has 4 heterocycles. The van der Waals surface area contributed by atoms with Crippen LogP contribution in [0.15, 0.2) is 17.2 Å². The van der Waals surface area contributed by atoms with Crippen LogP contribution < -0.4 is 14.9 Å². The number of nitrogens with zero attached hydrogens (tertiary/aromatic N) is 5. The summed E-state index contributed by atoms with van der Waals surface area (Å²) in [7, 11) is 0. The van der Waals surface area contributed by atoms with Gasteiger partial charge in [-0.1, -0.05) is 0 Å². The summed E-state index contributed by atoms with van der Waals surface area (Å²) in [6.45, 7) is 4.51. The first-order valence-electron chi connectivity index (χ1n) is 12.2. The van der Waals surface area contributed by atoms with Crippen molar-refractivity contribution in [1.29, 1.82) is 0 Å². The van der Waals surface area contributed by atoms with Crippen LogP contribution in [0.3, 0.4) is 0 Å². The Morgan fingerprint density at radius 3 is 2.64 bits per heavy atom. The SMILES string of the molecule is C[C@H]1CN(c2cc(SNC3(C(F)F)CC3)cn3c(-c4nnc(C(F)F)[se]4)c(C4CCC4)nc23)CCN1. The van der Waals surface area contributed by atoms with Gasteiger partial charge in [0.25, 0.3) is 0 Å². The molecule has 2 saturated carbocycles. The number of hydrogen-bond acceptors (Lipinski definition) is 7. The van der Waals surface area contributed by atoms with Gasteiger partial charge in [-0.15, -0.1) is 0 Å². The fourth-order valence-corrected chi connectivity index (χ4v) is 7.33. The zero-order valence-corrected chi connectivity index (χ0v) is 22.2. The summed E-state index contributed by atoms with van der Waals surface area (Å²) in [6, 6.07) is 2.29. The third-order valence-electron chi connectivity index (χ3n) is 7.31. The number of alkyl halides is 4. The maximum absolute atomic E-state index is 13.6. The number of nitrogens with one attached hydrogen (secondary N) is 2. The van der Waals surface area contributed by atoms with Gasteiger partial charge in [0, 0.05) is 0 Å². The second-order valence-electron chi connectivity index (χ2n) is 9.94. The molecule has 1 atom stereocenters. The van der Waals surface area contributed by atoms with Gasteiger partial charge >= 0.3 is 217 Å². The first kappa shape index (κ1) is 24.7. The van der Waals surface area contributed by atoms with Crippen LogP contribution in [0, 0.1) is 0 Å². The van der Waals surface area contributed by atoms with Crippen molar-refractivity contribution in [3.05, 3.63) is 22.5 Å². The van der Waals surface area contributed by atoms with Crippen LogP contribution >= 0.6 is 11.9 Å². The van der Waals surface area contributed by atoms with E-state index in [2.05, 4.69) is 32.1 Å². The van der Waals surface area contributed by atoms with Gasteiger partial charge in [0.05, 0.1) is 0 Å². The molecule has 2 N–H and O–H groups in total. The zero-order chi connectivity index (χ0) is 25.0. The Labute approximate surface area is 216 Å². The number of aromatic nitrogens is 4. The van der Waals surface area contributed by atoms with Crippen LogP contribution in [0.1, 0.15) is 61.6 Å². The van der Waals surface area contributed by atoms with E-state index in [4.69, 9.17) is 4.98 Å². The summed E-state index contributed by atoms with van der Waals surface area (Å²) in [4.78, 5) is 8.12. The molecule has 3 fully saturated rings. The number of pyridine rings is 1. The van der Waals surface area contributed by atoms with Crippen molar-refractivity contribution in [2.75, 3.05) is 24.5 Å². The van der Waals surface area contributed by atoms with Crippen molar-refractivity contribution in [2.45, 2.75) is 74.3 Å². The first-order valence-corrected chi connectivity index (χ1v) is 14.8. The molecule has 7 nitrogen and oxygen atoms in total. The summed E-state index contributed by atoms with van der Waals surface area (Å²) >= 11 is 0.509. The monoisotopic (exact) mass is 589 g/mol. The van der Waals surface area contributed by atoms with Crippen LogP contribution in [0.25, 0.3) is 15.9 Å². The number of halogens is 4. The summed E-state index contributed by atoms with van der Waals surface area (Å²) < 4.78 is 59.2. The van der Waals surface area contributed by atoms with E-state index in [1.807, 2.05) is 16.7 Å². The van der Waals surface area contributed by atoms with Crippen LogP contribution in [0.5, 0.6) is 0 Å². The van der Waals surface area contributed by atoms with E-state index in [9.17, 15) is 17.6 Å². The molecule has 3 aromatic heterocycles. The van der Waals surface area contributed by atoms with Gasteiger partial charge in [-0.25, -0.2) is 0 Å². The first-order chi connectivity index (χ1) is 17.3. The standard InChI is InChI=1S/C23H27F4N7SSe/c1-12-10-33(8-7-28-12)15-9-14(35-32-23(5-6-23)22(26)27)11-34-17(20-30-31-21(36-20)18(24)25)16(29-19(15)34)13-3-2-4-13/h9,11-13,18,22,28,32H,2-8,10H2,1H3/t12-/m0/s1. The molecule has 0 bridgehead atoms. The van der Waals surface area contributed by atoms with Gasteiger partial charge in [-0.3, -0.25) is 0 Å². The molecule has 3 aromatic rings. The van der Waals surface area contributed by atoms with E-state index >= 15 is 0 Å². The Balaban J connectivity index is 1.49. The van der Waals surface area contributed by atoms with Crippen LogP contribution in [-0.4, -0.2) is 71.7 Å². The van der Waals surface area contributed by atoms with Crippen molar-refractivity contribution in [3.8, 4) is 10.3 Å². The van der Waals surface area contributed by atoms with E-state index in [1.54, 1.807) is 0 Å². The Hall–Kier alpha value is -1.66. The molecule has 0 radical (unpaired) electrons. The van der Waals surface area contributed by atoms with Gasteiger partial charge in [0.15, 0.2) is 0 Å². The topological polar surface area (TPSA) is 70.4 Å². The number of imidazole rings is 1. The van der Waals surface area contributed by atoms with Gasteiger partial charge in [0.1, 0.15) is 0 Å². The molecular weight excluding hydrogens is 561 g/mol. The molecule has 36 heavy (non-hydrogen) atoms. The molecule has 13 heteroatoms. The Bertz CT molecular complexity index is 1260. The minimum absolute atomic E-state index is 0.178. The third-order valence-corrected chi connectivity index (χ3v) is 10.2. The zero-order valence-electron chi connectivity index (χ0n) is 19.7. The van der Waals surface area contributed by atoms with Crippen molar-refractivity contribution >= 4 is 37.8 Å². The summed E-state index contributed by atoms with van der Waals surface area (Å²) in [5.41, 5.74) is 2.17. The van der Waals surface area contributed by atoms with Gasteiger partial charge < -0.3 is 0 Å². The Morgan fingerprint density at radius 2 is 2.03 bits per heavy atom.